The summed E-state index contributed by atoms with van der Waals surface area (Å²) in [5, 5.41) is 27.1. The van der Waals surface area contributed by atoms with Crippen molar-refractivity contribution in [3.8, 4) is 11.9 Å². The van der Waals surface area contributed by atoms with Crippen LogP contribution in [-0.2, 0) is 0 Å². The summed E-state index contributed by atoms with van der Waals surface area (Å²) in [4.78, 5) is 29.8. The molecule has 0 aliphatic heterocycles. The molecule has 1 aliphatic rings. The smallest absolute Gasteiger partial charge is 0.326 e. The highest BCUT2D eigenvalue weighted by Gasteiger charge is 2.21. The van der Waals surface area contributed by atoms with E-state index in [1.165, 1.54) is 4.52 Å². The number of aromatic hydroxyl groups is 1. The Labute approximate surface area is 168 Å². The number of imidazole rings is 1. The summed E-state index contributed by atoms with van der Waals surface area (Å²) in [6, 6.07) is 9.36. The molecule has 1 fully saturated rings. The molecule has 3 aromatic heterocycles. The maximum absolute atomic E-state index is 11.4. The van der Waals surface area contributed by atoms with E-state index in [2.05, 4.69) is 41.4 Å². The van der Waals surface area contributed by atoms with E-state index in [0.717, 1.165) is 12.8 Å². The number of nitrogens with one attached hydrogen (secondary N) is 3. The second kappa shape index (κ2) is 6.85. The van der Waals surface area contributed by atoms with Crippen molar-refractivity contribution in [2.45, 2.75) is 18.9 Å². The predicted octanol–water partition coefficient (Wildman–Crippen LogP) is 0.0724. The van der Waals surface area contributed by atoms with Crippen LogP contribution in [0.3, 0.4) is 0 Å². The zero-order valence-electron chi connectivity index (χ0n) is 15.5. The Bertz CT molecular complexity index is 1480. The van der Waals surface area contributed by atoms with Crippen molar-refractivity contribution in [1.29, 1.82) is 5.26 Å². The number of para-hydroxylation sites is 1. The molecule has 0 saturated heterocycles. The molecule has 1 saturated carbocycles. The third-order valence-electron chi connectivity index (χ3n) is 4.55. The van der Waals surface area contributed by atoms with E-state index >= 15 is 0 Å². The number of hydrogen-bond acceptors (Lipinski definition) is 8. The first kappa shape index (κ1) is 17.6. The predicted molar refractivity (Wildman–Crippen MR) is 106 cm³/mol. The van der Waals surface area contributed by atoms with Crippen molar-refractivity contribution in [2.24, 2.45) is 4.99 Å². The van der Waals surface area contributed by atoms with Crippen LogP contribution in [0.2, 0.25) is 0 Å². The number of nitrogens with zero attached hydrogens (tertiary/aromatic N) is 6. The maximum atomic E-state index is 11.4. The zero-order valence-corrected chi connectivity index (χ0v) is 15.5. The summed E-state index contributed by atoms with van der Waals surface area (Å²) in [5.41, 5.74) is 1.52. The quantitative estimate of drug-likeness (QED) is 0.376. The van der Waals surface area contributed by atoms with Crippen LogP contribution in [0.5, 0.6) is 5.88 Å². The molecule has 1 aromatic carbocycles. The number of hydrogen-bond donors (Lipinski definition) is 4. The molecule has 3 heterocycles. The maximum Gasteiger partial charge on any atom is 0.326 e. The first-order chi connectivity index (χ1) is 14.6. The van der Waals surface area contributed by atoms with Crippen LogP contribution >= 0.6 is 0 Å². The molecule has 11 heteroatoms. The standard InChI is InChI=1S/C19H15N9O2/c20-8-10-3-1-2-4-13(10)23-17-25-15-11(7-14-16(29)26-19(30)24-14)9-21-28(15)18(27-17)22-12-5-6-12/h1-4,7,9,12,29H,5-6H2,(H,22,23,27)(H2,24,26,30). The summed E-state index contributed by atoms with van der Waals surface area (Å²) >= 11 is 0. The molecule has 0 amide bonds. The molecule has 0 bridgehead atoms. The van der Waals surface area contributed by atoms with Crippen molar-refractivity contribution in [2.75, 3.05) is 5.32 Å². The SMILES string of the molecule is N#Cc1ccccc1Nc1nc(=NC2CC2)n2ncc(=Cc3[nH]c(=O)[nH]c3O)c2n1. The van der Waals surface area contributed by atoms with Crippen LogP contribution in [0.25, 0.3) is 11.7 Å². The lowest BCUT2D eigenvalue weighted by Crippen LogP contribution is -2.24. The zero-order chi connectivity index (χ0) is 20.7. The minimum Gasteiger partial charge on any atom is -0.493 e. The van der Waals surface area contributed by atoms with E-state index in [4.69, 9.17) is 0 Å². The van der Waals surface area contributed by atoms with Gasteiger partial charge in [-0.2, -0.15) is 24.8 Å². The van der Waals surface area contributed by atoms with Gasteiger partial charge in [0, 0.05) is 5.22 Å². The highest BCUT2D eigenvalue weighted by molar-refractivity contribution is 5.64. The van der Waals surface area contributed by atoms with E-state index in [-0.39, 0.29) is 23.6 Å². The van der Waals surface area contributed by atoms with E-state index in [9.17, 15) is 15.2 Å². The average Bonchev–Trinajstić information content (AvgIpc) is 3.37. The van der Waals surface area contributed by atoms with Gasteiger partial charge in [0.25, 0.3) is 5.62 Å². The number of nitriles is 1. The van der Waals surface area contributed by atoms with Gasteiger partial charge in [0.2, 0.25) is 11.8 Å². The summed E-state index contributed by atoms with van der Waals surface area (Å²) in [7, 11) is 0. The Morgan fingerprint density at radius 2 is 2.13 bits per heavy atom. The van der Waals surface area contributed by atoms with Crippen molar-refractivity contribution >= 4 is 23.4 Å². The number of H-pyrrole nitrogens is 2. The van der Waals surface area contributed by atoms with Crippen molar-refractivity contribution < 1.29 is 5.11 Å². The Morgan fingerprint density at radius 3 is 2.87 bits per heavy atom. The van der Waals surface area contributed by atoms with Gasteiger partial charge in [-0.3, -0.25) is 4.98 Å². The molecule has 1 aliphatic carbocycles. The lowest BCUT2D eigenvalue weighted by atomic mass is 10.2. The molecular formula is C19H15N9O2. The average molecular weight is 401 g/mol. The fourth-order valence-corrected chi connectivity index (χ4v) is 2.95. The summed E-state index contributed by atoms with van der Waals surface area (Å²) in [6.45, 7) is 0. The molecule has 4 aromatic rings. The van der Waals surface area contributed by atoms with Gasteiger partial charge in [0.1, 0.15) is 11.8 Å². The van der Waals surface area contributed by atoms with E-state index in [1.54, 1.807) is 36.5 Å². The molecule has 4 N–H and O–H groups in total. The van der Waals surface area contributed by atoms with Crippen LogP contribution in [-0.4, -0.2) is 40.7 Å². The first-order valence-corrected chi connectivity index (χ1v) is 9.19. The summed E-state index contributed by atoms with van der Waals surface area (Å²) < 4.78 is 1.51. The molecule has 148 valence electrons. The third kappa shape index (κ3) is 3.26. The van der Waals surface area contributed by atoms with Gasteiger partial charge in [-0.25, -0.2) is 9.79 Å². The van der Waals surface area contributed by atoms with Crippen LogP contribution < -0.4 is 21.8 Å². The highest BCUT2D eigenvalue weighted by Crippen LogP contribution is 2.22. The third-order valence-corrected chi connectivity index (χ3v) is 4.55. The Morgan fingerprint density at radius 1 is 1.30 bits per heavy atom. The second-order valence-corrected chi connectivity index (χ2v) is 6.81. The van der Waals surface area contributed by atoms with Gasteiger partial charge in [-0.05, 0) is 31.1 Å². The van der Waals surface area contributed by atoms with E-state index in [1.807, 2.05) is 0 Å². The van der Waals surface area contributed by atoms with E-state index < -0.39 is 5.69 Å². The Balaban J connectivity index is 1.70. The van der Waals surface area contributed by atoms with Crippen LogP contribution in [0, 0.1) is 11.3 Å². The van der Waals surface area contributed by atoms with Gasteiger partial charge in [0.15, 0.2) is 5.65 Å². The summed E-state index contributed by atoms with van der Waals surface area (Å²) in [6.07, 6.45) is 5.08. The molecule has 11 nitrogen and oxygen atoms in total. The number of aromatic amines is 2. The van der Waals surface area contributed by atoms with Crippen LogP contribution in [0.15, 0.2) is 40.2 Å². The molecular weight excluding hydrogens is 386 g/mol. The van der Waals surface area contributed by atoms with Crippen molar-refractivity contribution in [3.63, 3.8) is 0 Å². The van der Waals surface area contributed by atoms with Crippen LogP contribution in [0.1, 0.15) is 24.1 Å². The number of fused-ring (bicyclic) bond motifs is 1. The summed E-state index contributed by atoms with van der Waals surface area (Å²) in [5.74, 6) is -0.0240. The van der Waals surface area contributed by atoms with Crippen molar-refractivity contribution in [1.82, 2.24) is 29.5 Å². The normalized spacial score (nSPS) is 14.9. The Kier molecular flexibility index (Phi) is 4.03. The number of aromatic nitrogens is 6. The van der Waals surface area contributed by atoms with Gasteiger partial charge in [-0.1, -0.05) is 12.1 Å². The molecule has 0 atom stereocenters. The van der Waals surface area contributed by atoms with Gasteiger partial charge in [0.05, 0.1) is 23.5 Å². The largest absolute Gasteiger partial charge is 0.493 e. The number of benzene rings is 1. The number of rotatable bonds is 4. The van der Waals surface area contributed by atoms with Crippen LogP contribution in [0.4, 0.5) is 11.6 Å². The molecule has 30 heavy (non-hydrogen) atoms. The van der Waals surface area contributed by atoms with Gasteiger partial charge in [-0.15, -0.1) is 0 Å². The lowest BCUT2D eigenvalue weighted by molar-refractivity contribution is 0.454. The van der Waals surface area contributed by atoms with Gasteiger partial charge < -0.3 is 15.4 Å². The molecule has 0 unspecified atom stereocenters. The van der Waals surface area contributed by atoms with E-state index in [0.29, 0.717) is 27.7 Å². The minimum atomic E-state index is -0.523. The van der Waals surface area contributed by atoms with Gasteiger partial charge >= 0.3 is 5.69 Å². The molecule has 5 rings (SSSR count). The fourth-order valence-electron chi connectivity index (χ4n) is 2.95. The number of anilines is 2. The highest BCUT2D eigenvalue weighted by atomic mass is 16.3. The molecule has 0 radical (unpaired) electrons. The minimum absolute atomic E-state index is 0.198. The first-order valence-electron chi connectivity index (χ1n) is 9.19. The Hall–Kier alpha value is -4.46. The topological polar surface area (TPSA) is 160 Å². The lowest BCUT2D eigenvalue weighted by Gasteiger charge is -2.06. The monoisotopic (exact) mass is 401 g/mol. The fraction of sp³-hybridized carbons (Fsp3) is 0.158. The second-order valence-electron chi connectivity index (χ2n) is 6.81. The van der Waals surface area contributed by atoms with Crippen molar-refractivity contribution in [3.05, 3.63) is 63.0 Å². The molecule has 0 spiro atoms.